The second-order valence-corrected chi connectivity index (χ2v) is 5.55. The highest BCUT2D eigenvalue weighted by atomic mass is 32.1. The fraction of sp³-hybridized carbons (Fsp3) is 0.750. The average molecular weight is 254 g/mol. The average Bonchev–Trinajstić information content (AvgIpc) is 2.80. The van der Waals surface area contributed by atoms with Gasteiger partial charge in [0.05, 0.1) is 22.9 Å². The molecule has 0 aromatic rings. The summed E-state index contributed by atoms with van der Waals surface area (Å²) in [4.78, 5) is 25.9. The second-order valence-electron chi connectivity index (χ2n) is 5.08. The maximum absolute atomic E-state index is 12.2. The van der Waals surface area contributed by atoms with Crippen LogP contribution in [0.1, 0.15) is 33.1 Å². The van der Waals surface area contributed by atoms with Gasteiger partial charge in [-0.15, -0.1) is 0 Å². The van der Waals surface area contributed by atoms with Crippen molar-refractivity contribution in [1.82, 2.24) is 4.90 Å². The van der Waals surface area contributed by atoms with Crippen LogP contribution in [-0.2, 0) is 9.59 Å². The van der Waals surface area contributed by atoms with Crippen LogP contribution < -0.4 is 5.73 Å². The minimum Gasteiger partial charge on any atom is -0.392 e. The molecule has 3 atom stereocenters. The zero-order valence-corrected chi connectivity index (χ0v) is 11.0. The topological polar surface area (TPSA) is 63.4 Å². The lowest BCUT2D eigenvalue weighted by Crippen LogP contribution is -2.46. The molecule has 0 aromatic carbocycles. The first-order chi connectivity index (χ1) is 7.97. The molecule has 2 rings (SSSR count). The maximum Gasteiger partial charge on any atom is 0.233 e. The zero-order chi connectivity index (χ0) is 12.7. The first-order valence-corrected chi connectivity index (χ1v) is 6.54. The summed E-state index contributed by atoms with van der Waals surface area (Å²) in [6, 6.07) is -0.448. The third-order valence-corrected chi connectivity index (χ3v) is 4.49. The molecule has 0 aromatic heterocycles. The van der Waals surface area contributed by atoms with Crippen LogP contribution in [-0.4, -0.2) is 27.7 Å². The fourth-order valence-electron chi connectivity index (χ4n) is 3.00. The highest BCUT2D eigenvalue weighted by molar-refractivity contribution is 7.80. The van der Waals surface area contributed by atoms with Crippen molar-refractivity contribution in [2.75, 3.05) is 0 Å². The number of rotatable bonds is 3. The van der Waals surface area contributed by atoms with E-state index in [0.717, 1.165) is 19.3 Å². The Morgan fingerprint density at radius 3 is 2.24 bits per heavy atom. The molecule has 3 unspecified atom stereocenters. The molecule has 1 aliphatic carbocycles. The number of carbonyl (C=O) groups is 2. The van der Waals surface area contributed by atoms with E-state index in [1.165, 1.54) is 4.90 Å². The number of imide groups is 1. The lowest BCUT2D eigenvalue weighted by molar-refractivity contribution is -0.141. The van der Waals surface area contributed by atoms with Gasteiger partial charge in [-0.2, -0.15) is 0 Å². The number of carbonyl (C=O) groups excluding carboxylic acids is 2. The SMILES string of the molecule is CCC1CC2C(=O)N(C(C)C(N)=S)C(=O)C2C1. The molecule has 0 bridgehead atoms. The van der Waals surface area contributed by atoms with Crippen molar-refractivity contribution in [3.05, 3.63) is 0 Å². The lowest BCUT2D eigenvalue weighted by atomic mass is 10.00. The summed E-state index contributed by atoms with van der Waals surface area (Å²) in [6.07, 6.45) is 2.72. The molecule has 0 radical (unpaired) electrons. The minimum absolute atomic E-state index is 0.0729. The molecule has 2 N–H and O–H groups in total. The van der Waals surface area contributed by atoms with E-state index in [4.69, 9.17) is 18.0 Å². The predicted molar refractivity (Wildman–Crippen MR) is 68.1 cm³/mol. The van der Waals surface area contributed by atoms with Crippen LogP contribution in [0.5, 0.6) is 0 Å². The van der Waals surface area contributed by atoms with Gasteiger partial charge >= 0.3 is 0 Å². The number of nitrogens with two attached hydrogens (primary N) is 1. The number of amides is 2. The van der Waals surface area contributed by atoms with Gasteiger partial charge in [-0.1, -0.05) is 25.6 Å². The number of thiocarbonyl (C=S) groups is 1. The molecule has 94 valence electrons. The monoisotopic (exact) mass is 254 g/mol. The van der Waals surface area contributed by atoms with Crippen molar-refractivity contribution in [1.29, 1.82) is 0 Å². The van der Waals surface area contributed by atoms with Crippen molar-refractivity contribution < 1.29 is 9.59 Å². The van der Waals surface area contributed by atoms with E-state index in [2.05, 4.69) is 6.92 Å². The Morgan fingerprint density at radius 1 is 1.41 bits per heavy atom. The van der Waals surface area contributed by atoms with E-state index >= 15 is 0 Å². The summed E-state index contributed by atoms with van der Waals surface area (Å²) in [5.41, 5.74) is 5.53. The molecule has 17 heavy (non-hydrogen) atoms. The number of hydrogen-bond acceptors (Lipinski definition) is 3. The van der Waals surface area contributed by atoms with Crippen LogP contribution in [0.15, 0.2) is 0 Å². The van der Waals surface area contributed by atoms with Crippen LogP contribution in [0.2, 0.25) is 0 Å². The number of fused-ring (bicyclic) bond motifs is 1. The lowest BCUT2D eigenvalue weighted by Gasteiger charge is -2.23. The third-order valence-electron chi connectivity index (χ3n) is 4.15. The smallest absolute Gasteiger partial charge is 0.233 e. The van der Waals surface area contributed by atoms with E-state index in [1.807, 2.05) is 0 Å². The first-order valence-electron chi connectivity index (χ1n) is 6.13. The van der Waals surface area contributed by atoms with Crippen LogP contribution in [0.25, 0.3) is 0 Å². The van der Waals surface area contributed by atoms with Gasteiger partial charge in [-0.25, -0.2) is 0 Å². The molecule has 4 nitrogen and oxygen atoms in total. The Bertz CT molecular complexity index is 359. The van der Waals surface area contributed by atoms with Crippen molar-refractivity contribution in [3.8, 4) is 0 Å². The molecular weight excluding hydrogens is 236 g/mol. The third kappa shape index (κ3) is 1.86. The summed E-state index contributed by atoms with van der Waals surface area (Å²) in [7, 11) is 0. The first kappa shape index (κ1) is 12.5. The number of nitrogens with zero attached hydrogens (tertiary/aromatic N) is 1. The summed E-state index contributed by atoms with van der Waals surface area (Å²) >= 11 is 4.87. The molecule has 5 heteroatoms. The van der Waals surface area contributed by atoms with Crippen molar-refractivity contribution in [2.24, 2.45) is 23.5 Å². The van der Waals surface area contributed by atoms with Gasteiger partial charge in [0.25, 0.3) is 0 Å². The Morgan fingerprint density at radius 2 is 1.88 bits per heavy atom. The van der Waals surface area contributed by atoms with E-state index in [-0.39, 0.29) is 28.6 Å². The largest absolute Gasteiger partial charge is 0.392 e. The highest BCUT2D eigenvalue weighted by Crippen LogP contribution is 2.44. The van der Waals surface area contributed by atoms with E-state index < -0.39 is 6.04 Å². The standard InChI is InChI=1S/C12H18N2O2S/c1-3-7-4-8-9(5-7)12(16)14(11(8)15)6(2)10(13)17/h6-9H,3-5H2,1-2H3,(H2,13,17). The molecule has 1 heterocycles. The Balaban J connectivity index is 2.19. The van der Waals surface area contributed by atoms with Gasteiger partial charge in [0.1, 0.15) is 0 Å². The molecule has 2 amide bonds. The van der Waals surface area contributed by atoms with E-state index in [0.29, 0.717) is 5.92 Å². The summed E-state index contributed by atoms with van der Waals surface area (Å²) < 4.78 is 0. The summed E-state index contributed by atoms with van der Waals surface area (Å²) in [5.74, 6) is 0.126. The Kier molecular flexibility index (Phi) is 3.21. The maximum atomic E-state index is 12.2. The van der Waals surface area contributed by atoms with Crippen molar-refractivity contribution >= 4 is 29.0 Å². The highest BCUT2D eigenvalue weighted by Gasteiger charge is 2.53. The minimum atomic E-state index is -0.448. The van der Waals surface area contributed by atoms with Gasteiger partial charge in [0, 0.05) is 0 Å². The van der Waals surface area contributed by atoms with Crippen molar-refractivity contribution in [3.63, 3.8) is 0 Å². The fourth-order valence-corrected chi connectivity index (χ4v) is 3.10. The molecule has 1 saturated heterocycles. The van der Waals surface area contributed by atoms with Gasteiger partial charge in [-0.3, -0.25) is 14.5 Å². The van der Waals surface area contributed by atoms with Crippen LogP contribution in [0.4, 0.5) is 0 Å². The zero-order valence-electron chi connectivity index (χ0n) is 10.2. The normalized spacial score (nSPS) is 34.0. The van der Waals surface area contributed by atoms with Crippen LogP contribution in [0.3, 0.4) is 0 Å². The van der Waals surface area contributed by atoms with Gasteiger partial charge in [0.2, 0.25) is 11.8 Å². The summed E-state index contributed by atoms with van der Waals surface area (Å²) in [6.45, 7) is 3.83. The molecule has 1 saturated carbocycles. The van der Waals surface area contributed by atoms with Crippen molar-refractivity contribution in [2.45, 2.75) is 39.2 Å². The van der Waals surface area contributed by atoms with Crippen LogP contribution >= 0.6 is 12.2 Å². The molecule has 1 aliphatic heterocycles. The van der Waals surface area contributed by atoms with E-state index in [1.54, 1.807) is 6.92 Å². The molecule has 2 aliphatic rings. The van der Waals surface area contributed by atoms with Gasteiger partial charge in [-0.05, 0) is 25.7 Å². The molecule has 0 spiro atoms. The Labute approximate surface area is 107 Å². The second kappa shape index (κ2) is 4.37. The number of likely N-dealkylation sites (tertiary alicyclic amines) is 1. The summed E-state index contributed by atoms with van der Waals surface area (Å²) in [5, 5.41) is 0. The Hall–Kier alpha value is -0.970. The molecule has 2 fully saturated rings. The predicted octanol–water partition coefficient (Wildman–Crippen LogP) is 1.08. The number of hydrogen-bond donors (Lipinski definition) is 1. The van der Waals surface area contributed by atoms with Gasteiger partial charge < -0.3 is 5.73 Å². The molecular formula is C12H18N2O2S. The van der Waals surface area contributed by atoms with E-state index in [9.17, 15) is 9.59 Å². The van der Waals surface area contributed by atoms with Gasteiger partial charge in [0.15, 0.2) is 0 Å². The van der Waals surface area contributed by atoms with Crippen LogP contribution in [0, 0.1) is 17.8 Å². The quantitative estimate of drug-likeness (QED) is 0.605.